The van der Waals surface area contributed by atoms with Crippen LogP contribution in [-0.4, -0.2) is 99.6 Å². The van der Waals surface area contributed by atoms with Crippen LogP contribution in [0.25, 0.3) is 10.9 Å². The summed E-state index contributed by atoms with van der Waals surface area (Å²) < 4.78 is 35.8. The van der Waals surface area contributed by atoms with Gasteiger partial charge in [-0.15, -0.1) is 0 Å². The Labute approximate surface area is 241 Å². The number of piperidine rings is 2. The first-order valence-electron chi connectivity index (χ1n) is 14.9. The van der Waals surface area contributed by atoms with Crippen LogP contribution in [0, 0.1) is 6.92 Å². The Morgan fingerprint density at radius 3 is 2.46 bits per heavy atom. The van der Waals surface area contributed by atoms with Crippen molar-refractivity contribution in [2.45, 2.75) is 70.1 Å². The standard InChI is InChI=1S/C28H39N9O3S/c1-19-14-27(34-33-19)31-26-17-25-24(7-6-20(29-25)18-35-10-12-40-13-11-35)28(32-26)30-21-15-22-4-2-5-23(16-21)37(22)41(38,39)36-8-3-9-36/h6-7,14,17,21-23H,2-5,8-13,15-16,18H2,1H3,(H3,30,31,32,33,34)/t21?,22-,23+. The van der Waals surface area contributed by atoms with Crippen LogP contribution in [0.1, 0.15) is 49.9 Å². The van der Waals surface area contributed by atoms with Crippen LogP contribution >= 0.6 is 0 Å². The molecule has 0 spiro atoms. The summed E-state index contributed by atoms with van der Waals surface area (Å²) >= 11 is 0. The topological polar surface area (TPSA) is 132 Å². The minimum atomic E-state index is -3.39. The van der Waals surface area contributed by atoms with Crippen molar-refractivity contribution in [3.8, 4) is 0 Å². The maximum absolute atomic E-state index is 13.4. The third-order valence-electron chi connectivity index (χ3n) is 8.85. The van der Waals surface area contributed by atoms with Crippen molar-refractivity contribution in [1.29, 1.82) is 0 Å². The maximum atomic E-state index is 13.4. The van der Waals surface area contributed by atoms with Gasteiger partial charge in [0.1, 0.15) is 11.6 Å². The number of aromatic amines is 1. The smallest absolute Gasteiger partial charge is 0.282 e. The van der Waals surface area contributed by atoms with Crippen molar-refractivity contribution in [3.05, 3.63) is 35.7 Å². The number of fused-ring (bicyclic) bond motifs is 3. The summed E-state index contributed by atoms with van der Waals surface area (Å²) in [6, 6.07) is 8.28. The van der Waals surface area contributed by atoms with E-state index in [2.05, 4.69) is 37.9 Å². The van der Waals surface area contributed by atoms with Gasteiger partial charge in [0.25, 0.3) is 10.2 Å². The van der Waals surface area contributed by atoms with E-state index in [1.54, 1.807) is 4.31 Å². The fraction of sp³-hybridized carbons (Fsp3) is 0.607. The Morgan fingerprint density at radius 2 is 1.78 bits per heavy atom. The lowest BCUT2D eigenvalue weighted by molar-refractivity contribution is 0.0337. The van der Waals surface area contributed by atoms with Gasteiger partial charge in [-0.1, -0.05) is 6.42 Å². The second-order valence-corrected chi connectivity index (χ2v) is 13.7. The molecule has 220 valence electrons. The molecule has 0 radical (unpaired) electrons. The SMILES string of the molecule is Cc1cc(Nc2cc3nc(CN4CCOCC4)ccc3c(NC3C[C@H]4CCC[C@@H](C3)N4S(=O)(=O)N3CCC3)n2)n[nH]1. The fourth-order valence-corrected chi connectivity index (χ4v) is 8.83. The first-order chi connectivity index (χ1) is 19.9. The lowest BCUT2D eigenvalue weighted by Gasteiger charge is -2.50. The average Bonchev–Trinajstić information content (AvgIpc) is 3.31. The third kappa shape index (κ3) is 5.53. The number of hydrogen-bond donors (Lipinski definition) is 3. The normalized spacial score (nSPS) is 26.1. The molecule has 0 aromatic carbocycles. The van der Waals surface area contributed by atoms with Gasteiger partial charge in [0.05, 0.1) is 24.4 Å². The number of nitrogens with zero attached hydrogens (tertiary/aromatic N) is 6. The fourth-order valence-electron chi connectivity index (χ4n) is 6.71. The quantitative estimate of drug-likeness (QED) is 0.367. The van der Waals surface area contributed by atoms with E-state index in [-0.39, 0.29) is 18.1 Å². The molecule has 0 amide bonds. The van der Waals surface area contributed by atoms with Gasteiger partial charge in [-0.05, 0) is 51.2 Å². The van der Waals surface area contributed by atoms with Crippen LogP contribution < -0.4 is 10.6 Å². The van der Waals surface area contributed by atoms with Crippen molar-refractivity contribution in [2.75, 3.05) is 50.0 Å². The van der Waals surface area contributed by atoms with Crippen LogP contribution in [0.5, 0.6) is 0 Å². The van der Waals surface area contributed by atoms with Gasteiger partial charge < -0.3 is 15.4 Å². The molecule has 7 rings (SSSR count). The number of morpholine rings is 1. The summed E-state index contributed by atoms with van der Waals surface area (Å²) in [5.41, 5.74) is 2.84. The molecule has 3 aromatic heterocycles. The highest BCUT2D eigenvalue weighted by molar-refractivity contribution is 7.86. The Balaban J connectivity index is 1.16. The molecule has 4 saturated heterocycles. The van der Waals surface area contributed by atoms with Gasteiger partial charge in [-0.25, -0.2) is 4.98 Å². The van der Waals surface area contributed by atoms with E-state index in [1.807, 2.05) is 23.4 Å². The molecule has 41 heavy (non-hydrogen) atoms. The molecule has 4 aliphatic rings. The Morgan fingerprint density at radius 1 is 1.00 bits per heavy atom. The number of H-pyrrole nitrogens is 1. The molecule has 1 unspecified atom stereocenters. The minimum Gasteiger partial charge on any atom is -0.379 e. The van der Waals surface area contributed by atoms with E-state index in [4.69, 9.17) is 14.7 Å². The number of anilines is 3. The van der Waals surface area contributed by atoms with Crippen molar-refractivity contribution in [2.24, 2.45) is 0 Å². The second kappa shape index (κ2) is 11.1. The molecule has 0 saturated carbocycles. The predicted octanol–water partition coefficient (Wildman–Crippen LogP) is 2.99. The van der Waals surface area contributed by atoms with E-state index in [0.29, 0.717) is 24.7 Å². The largest absolute Gasteiger partial charge is 0.379 e. The van der Waals surface area contributed by atoms with E-state index in [9.17, 15) is 8.42 Å². The molecule has 3 N–H and O–H groups in total. The first-order valence-corrected chi connectivity index (χ1v) is 16.3. The van der Waals surface area contributed by atoms with Crippen LogP contribution in [0.2, 0.25) is 0 Å². The highest BCUT2D eigenvalue weighted by Gasteiger charge is 2.47. The highest BCUT2D eigenvalue weighted by Crippen LogP contribution is 2.39. The number of aromatic nitrogens is 4. The zero-order chi connectivity index (χ0) is 28.0. The van der Waals surface area contributed by atoms with Crippen molar-refractivity contribution < 1.29 is 13.2 Å². The molecule has 4 aliphatic heterocycles. The minimum absolute atomic E-state index is 0.0171. The van der Waals surface area contributed by atoms with Crippen LogP contribution in [-0.2, 0) is 21.5 Å². The molecule has 3 atom stereocenters. The van der Waals surface area contributed by atoms with Crippen LogP contribution in [0.15, 0.2) is 24.3 Å². The van der Waals surface area contributed by atoms with E-state index < -0.39 is 10.2 Å². The molecular weight excluding hydrogens is 542 g/mol. The van der Waals surface area contributed by atoms with Crippen molar-refractivity contribution in [1.82, 2.24) is 33.7 Å². The Kier molecular flexibility index (Phi) is 7.32. The van der Waals surface area contributed by atoms with Gasteiger partial charge in [0, 0.05) is 74.1 Å². The number of pyridine rings is 2. The predicted molar refractivity (Wildman–Crippen MR) is 157 cm³/mol. The monoisotopic (exact) mass is 581 g/mol. The zero-order valence-electron chi connectivity index (χ0n) is 23.6. The summed E-state index contributed by atoms with van der Waals surface area (Å²) in [5, 5.41) is 15.3. The Hall–Kier alpha value is -2.84. The molecule has 2 bridgehead atoms. The third-order valence-corrected chi connectivity index (χ3v) is 11.0. The van der Waals surface area contributed by atoms with Gasteiger partial charge in [-0.2, -0.15) is 22.1 Å². The summed E-state index contributed by atoms with van der Waals surface area (Å²) in [6.45, 7) is 7.34. The lowest BCUT2D eigenvalue weighted by Crippen LogP contribution is -2.62. The van der Waals surface area contributed by atoms with Crippen LogP contribution in [0.3, 0.4) is 0 Å². The van der Waals surface area contributed by atoms with Gasteiger partial charge in [0.2, 0.25) is 0 Å². The van der Waals surface area contributed by atoms with Crippen molar-refractivity contribution in [3.63, 3.8) is 0 Å². The summed E-state index contributed by atoms with van der Waals surface area (Å²) in [4.78, 5) is 12.4. The van der Waals surface area contributed by atoms with Gasteiger partial charge >= 0.3 is 0 Å². The first kappa shape index (κ1) is 27.0. The van der Waals surface area contributed by atoms with Crippen LogP contribution in [0.4, 0.5) is 17.5 Å². The van der Waals surface area contributed by atoms with E-state index in [1.165, 1.54) is 0 Å². The molecule has 12 nitrogen and oxygen atoms in total. The molecule has 4 fully saturated rings. The summed E-state index contributed by atoms with van der Waals surface area (Å²) in [7, 11) is -3.39. The number of hydrogen-bond acceptors (Lipinski definition) is 9. The average molecular weight is 582 g/mol. The molecule has 13 heteroatoms. The Bertz CT molecular complexity index is 1490. The second-order valence-electron chi connectivity index (χ2n) is 11.8. The highest BCUT2D eigenvalue weighted by atomic mass is 32.2. The zero-order valence-corrected chi connectivity index (χ0v) is 24.4. The lowest BCUT2D eigenvalue weighted by atomic mass is 9.84. The number of ether oxygens (including phenoxy) is 1. The maximum Gasteiger partial charge on any atom is 0.282 e. The summed E-state index contributed by atoms with van der Waals surface area (Å²) in [5.74, 6) is 2.13. The van der Waals surface area contributed by atoms with E-state index in [0.717, 1.165) is 99.5 Å². The van der Waals surface area contributed by atoms with E-state index >= 15 is 0 Å². The molecular formula is C28H39N9O3S. The summed E-state index contributed by atoms with van der Waals surface area (Å²) in [6.07, 6.45) is 5.38. The van der Waals surface area contributed by atoms with Gasteiger partial charge in [0.15, 0.2) is 5.82 Å². The van der Waals surface area contributed by atoms with Crippen molar-refractivity contribution >= 4 is 38.6 Å². The number of nitrogens with one attached hydrogen (secondary N) is 3. The molecule has 7 heterocycles. The number of rotatable bonds is 8. The molecule has 3 aromatic rings. The number of aryl methyl sites for hydroxylation is 1. The van der Waals surface area contributed by atoms with Gasteiger partial charge in [-0.3, -0.25) is 15.0 Å². The molecule has 0 aliphatic carbocycles.